The third-order valence-corrected chi connectivity index (χ3v) is 3.44. The predicted molar refractivity (Wildman–Crippen MR) is 80.6 cm³/mol. The third-order valence-electron chi connectivity index (χ3n) is 3.44. The van der Waals surface area contributed by atoms with E-state index >= 15 is 0 Å². The summed E-state index contributed by atoms with van der Waals surface area (Å²) in [7, 11) is 4.95. The first kappa shape index (κ1) is 16.9. The fourth-order valence-electron chi connectivity index (χ4n) is 1.99. The number of aryl methyl sites for hydroxylation is 2. The second-order valence-electron chi connectivity index (χ2n) is 4.98. The first-order valence-corrected chi connectivity index (χ1v) is 6.87. The largest absolute Gasteiger partial charge is 0.469 e. The van der Waals surface area contributed by atoms with Gasteiger partial charge in [0.25, 0.3) is 0 Å². The van der Waals surface area contributed by atoms with Crippen LogP contribution in [0, 0.1) is 13.8 Å². The molecule has 21 heavy (non-hydrogen) atoms. The highest BCUT2D eigenvalue weighted by Gasteiger charge is 2.09. The van der Waals surface area contributed by atoms with Gasteiger partial charge in [-0.15, -0.1) is 0 Å². The van der Waals surface area contributed by atoms with Gasteiger partial charge in [-0.3, -0.25) is 14.3 Å². The molecule has 0 bridgehead atoms. The maximum atomic E-state index is 12.0. The number of aromatic nitrogens is 2. The number of nitrogens with zero attached hydrogens (tertiary/aromatic N) is 3. The molecule has 0 fully saturated rings. The first-order valence-electron chi connectivity index (χ1n) is 6.87. The lowest BCUT2D eigenvalue weighted by Crippen LogP contribution is -2.26. The van der Waals surface area contributed by atoms with Crippen LogP contribution >= 0.6 is 0 Å². The molecule has 1 heterocycles. The standard InChI is InChI=1S/C15H23N3O3/c1-11-13(12(2)18(4)16-11)8-9-14(19)17(3)10-6-7-15(20)21-5/h8-9H,6-7,10H2,1-5H3. The Hall–Kier alpha value is -2.11. The number of hydrogen-bond donors (Lipinski definition) is 0. The predicted octanol–water partition coefficient (Wildman–Crippen LogP) is 1.46. The van der Waals surface area contributed by atoms with Gasteiger partial charge in [0, 0.05) is 44.4 Å². The van der Waals surface area contributed by atoms with Gasteiger partial charge < -0.3 is 9.64 Å². The van der Waals surface area contributed by atoms with Crippen molar-refractivity contribution in [2.75, 3.05) is 20.7 Å². The summed E-state index contributed by atoms with van der Waals surface area (Å²) in [6, 6.07) is 0. The molecule has 1 aromatic rings. The van der Waals surface area contributed by atoms with Crippen molar-refractivity contribution in [1.82, 2.24) is 14.7 Å². The average Bonchev–Trinajstić information content (AvgIpc) is 2.69. The number of methoxy groups -OCH3 is 1. The molecule has 0 aromatic carbocycles. The van der Waals surface area contributed by atoms with E-state index in [2.05, 4.69) is 9.84 Å². The van der Waals surface area contributed by atoms with Crippen molar-refractivity contribution in [3.63, 3.8) is 0 Å². The van der Waals surface area contributed by atoms with E-state index in [0.29, 0.717) is 19.4 Å². The highest BCUT2D eigenvalue weighted by Crippen LogP contribution is 2.13. The van der Waals surface area contributed by atoms with Crippen molar-refractivity contribution in [3.8, 4) is 0 Å². The summed E-state index contributed by atoms with van der Waals surface area (Å²) in [5.41, 5.74) is 2.88. The Labute approximate surface area is 125 Å². The highest BCUT2D eigenvalue weighted by atomic mass is 16.5. The summed E-state index contributed by atoms with van der Waals surface area (Å²) in [6.45, 7) is 4.39. The zero-order valence-electron chi connectivity index (χ0n) is 13.3. The summed E-state index contributed by atoms with van der Waals surface area (Å²) in [4.78, 5) is 24.6. The highest BCUT2D eigenvalue weighted by molar-refractivity contribution is 5.91. The van der Waals surface area contributed by atoms with Crippen LogP contribution in [0.25, 0.3) is 6.08 Å². The molecule has 0 unspecified atom stereocenters. The van der Waals surface area contributed by atoms with Gasteiger partial charge in [-0.1, -0.05) is 0 Å². The fraction of sp³-hybridized carbons (Fsp3) is 0.533. The molecule has 0 atom stereocenters. The monoisotopic (exact) mass is 293 g/mol. The first-order chi connectivity index (χ1) is 9.86. The van der Waals surface area contributed by atoms with E-state index in [-0.39, 0.29) is 11.9 Å². The Bertz CT molecular complexity index is 547. The van der Waals surface area contributed by atoms with Gasteiger partial charge in [-0.25, -0.2) is 0 Å². The number of esters is 1. The quantitative estimate of drug-likeness (QED) is 0.588. The number of likely N-dealkylation sites (N-methyl/N-ethyl adjacent to an activating group) is 1. The molecule has 0 aliphatic rings. The molecule has 6 nitrogen and oxygen atoms in total. The van der Waals surface area contributed by atoms with Gasteiger partial charge in [0.1, 0.15) is 0 Å². The van der Waals surface area contributed by atoms with Crippen LogP contribution in [-0.4, -0.2) is 47.3 Å². The van der Waals surface area contributed by atoms with Crippen LogP contribution in [0.1, 0.15) is 29.8 Å². The number of carbonyl (C=O) groups is 2. The number of hydrogen-bond acceptors (Lipinski definition) is 4. The molecule has 0 radical (unpaired) electrons. The molecule has 0 aliphatic heterocycles. The van der Waals surface area contributed by atoms with Gasteiger partial charge in [-0.2, -0.15) is 5.10 Å². The van der Waals surface area contributed by atoms with Crippen LogP contribution in [0.5, 0.6) is 0 Å². The third kappa shape index (κ3) is 4.73. The summed E-state index contributed by atoms with van der Waals surface area (Å²) in [5.74, 6) is -0.351. The summed E-state index contributed by atoms with van der Waals surface area (Å²) < 4.78 is 6.35. The fourth-order valence-corrected chi connectivity index (χ4v) is 1.99. The van der Waals surface area contributed by atoms with E-state index in [0.717, 1.165) is 17.0 Å². The minimum absolute atomic E-state index is 0.0949. The lowest BCUT2D eigenvalue weighted by Gasteiger charge is -2.14. The number of rotatable bonds is 6. The molecule has 1 aromatic heterocycles. The van der Waals surface area contributed by atoms with Gasteiger partial charge in [-0.05, 0) is 26.3 Å². The minimum Gasteiger partial charge on any atom is -0.469 e. The Morgan fingerprint density at radius 2 is 2.05 bits per heavy atom. The van der Waals surface area contributed by atoms with Crippen LogP contribution in [0.15, 0.2) is 6.08 Å². The van der Waals surface area contributed by atoms with Gasteiger partial charge in [0.15, 0.2) is 0 Å². The summed E-state index contributed by atoms with van der Waals surface area (Å²) >= 11 is 0. The Kier molecular flexibility index (Phi) is 6.14. The zero-order chi connectivity index (χ0) is 16.0. The van der Waals surface area contributed by atoms with E-state index in [1.165, 1.54) is 13.2 Å². The van der Waals surface area contributed by atoms with Gasteiger partial charge >= 0.3 is 5.97 Å². The second-order valence-corrected chi connectivity index (χ2v) is 4.98. The van der Waals surface area contributed by atoms with Crippen molar-refractivity contribution in [2.45, 2.75) is 26.7 Å². The maximum Gasteiger partial charge on any atom is 0.305 e. The van der Waals surface area contributed by atoms with Gasteiger partial charge in [0.05, 0.1) is 12.8 Å². The molecule has 1 rings (SSSR count). The maximum absolute atomic E-state index is 12.0. The molecule has 116 valence electrons. The normalized spacial score (nSPS) is 10.9. The van der Waals surface area contributed by atoms with Crippen molar-refractivity contribution in [2.24, 2.45) is 7.05 Å². The molecule has 0 saturated heterocycles. The van der Waals surface area contributed by atoms with E-state index < -0.39 is 0 Å². The molecule has 0 saturated carbocycles. The van der Waals surface area contributed by atoms with E-state index in [4.69, 9.17) is 0 Å². The van der Waals surface area contributed by atoms with Crippen molar-refractivity contribution >= 4 is 18.0 Å². The van der Waals surface area contributed by atoms with Crippen molar-refractivity contribution < 1.29 is 14.3 Å². The van der Waals surface area contributed by atoms with E-state index in [1.807, 2.05) is 20.9 Å². The zero-order valence-corrected chi connectivity index (χ0v) is 13.3. The Morgan fingerprint density at radius 3 is 2.57 bits per heavy atom. The number of ether oxygens (including phenoxy) is 1. The van der Waals surface area contributed by atoms with Crippen LogP contribution in [-0.2, 0) is 21.4 Å². The summed E-state index contributed by atoms with van der Waals surface area (Å²) in [5, 5.41) is 4.30. The average molecular weight is 293 g/mol. The molecular weight excluding hydrogens is 270 g/mol. The smallest absolute Gasteiger partial charge is 0.305 e. The van der Waals surface area contributed by atoms with E-state index in [1.54, 1.807) is 22.7 Å². The topological polar surface area (TPSA) is 64.4 Å². The lowest BCUT2D eigenvalue weighted by atomic mass is 10.2. The molecular formula is C15H23N3O3. The summed E-state index contributed by atoms with van der Waals surface area (Å²) in [6.07, 6.45) is 4.23. The van der Waals surface area contributed by atoms with Crippen molar-refractivity contribution in [1.29, 1.82) is 0 Å². The number of amides is 1. The van der Waals surface area contributed by atoms with Crippen LogP contribution in [0.2, 0.25) is 0 Å². The number of carbonyl (C=O) groups excluding carboxylic acids is 2. The second kappa shape index (κ2) is 7.61. The van der Waals surface area contributed by atoms with Gasteiger partial charge in [0.2, 0.25) is 5.91 Å². The van der Waals surface area contributed by atoms with Crippen LogP contribution in [0.3, 0.4) is 0 Å². The minimum atomic E-state index is -0.256. The molecule has 1 amide bonds. The Morgan fingerprint density at radius 1 is 1.38 bits per heavy atom. The Balaban J connectivity index is 2.55. The molecule has 0 N–H and O–H groups in total. The lowest BCUT2D eigenvalue weighted by molar-refractivity contribution is -0.141. The van der Waals surface area contributed by atoms with E-state index in [9.17, 15) is 9.59 Å². The van der Waals surface area contributed by atoms with Crippen LogP contribution in [0.4, 0.5) is 0 Å². The molecule has 6 heteroatoms. The van der Waals surface area contributed by atoms with Crippen molar-refractivity contribution in [3.05, 3.63) is 23.0 Å². The molecule has 0 spiro atoms. The molecule has 0 aliphatic carbocycles. The van der Waals surface area contributed by atoms with Crippen LogP contribution < -0.4 is 0 Å². The SMILES string of the molecule is COC(=O)CCCN(C)C(=O)C=Cc1c(C)nn(C)c1C.